The van der Waals surface area contributed by atoms with E-state index in [0.717, 1.165) is 18.4 Å². The van der Waals surface area contributed by atoms with Crippen LogP contribution in [0.5, 0.6) is 0 Å². The zero-order chi connectivity index (χ0) is 11.0. The van der Waals surface area contributed by atoms with Gasteiger partial charge in [0, 0.05) is 19.6 Å². The number of aromatic amines is 1. The predicted octanol–water partition coefficient (Wildman–Crippen LogP) is 2.10. The summed E-state index contributed by atoms with van der Waals surface area (Å²) in [7, 11) is 1.96. The highest BCUT2D eigenvalue weighted by molar-refractivity contribution is 7.71. The Balaban J connectivity index is 2.22. The first-order valence-electron chi connectivity index (χ1n) is 5.47. The SMILES string of the molecule is CC(C)N(CC1CC1)c1n[nH]c(=S)n1C. The summed E-state index contributed by atoms with van der Waals surface area (Å²) in [5.41, 5.74) is 0. The molecule has 1 aromatic heterocycles. The quantitative estimate of drug-likeness (QED) is 0.799. The lowest BCUT2D eigenvalue weighted by atomic mass is 10.3. The van der Waals surface area contributed by atoms with E-state index in [-0.39, 0.29) is 0 Å². The zero-order valence-electron chi connectivity index (χ0n) is 9.53. The highest BCUT2D eigenvalue weighted by atomic mass is 32.1. The van der Waals surface area contributed by atoms with Crippen molar-refractivity contribution >= 4 is 18.2 Å². The Kier molecular flexibility index (Phi) is 2.82. The van der Waals surface area contributed by atoms with Gasteiger partial charge in [0.15, 0.2) is 4.77 Å². The van der Waals surface area contributed by atoms with Gasteiger partial charge in [0.05, 0.1) is 0 Å². The summed E-state index contributed by atoms with van der Waals surface area (Å²) < 4.78 is 2.63. The molecular weight excluding hydrogens is 208 g/mol. The van der Waals surface area contributed by atoms with Crippen molar-refractivity contribution in [2.45, 2.75) is 32.7 Å². The average molecular weight is 226 g/mol. The Morgan fingerprint density at radius 1 is 1.60 bits per heavy atom. The van der Waals surface area contributed by atoms with Gasteiger partial charge in [0.2, 0.25) is 5.95 Å². The fourth-order valence-corrected chi connectivity index (χ4v) is 1.82. The van der Waals surface area contributed by atoms with E-state index < -0.39 is 0 Å². The molecular formula is C10H18N4S. The second kappa shape index (κ2) is 3.96. The summed E-state index contributed by atoms with van der Waals surface area (Å²) in [6.07, 6.45) is 2.72. The molecule has 1 aliphatic carbocycles. The molecule has 4 nitrogen and oxygen atoms in total. The van der Waals surface area contributed by atoms with E-state index >= 15 is 0 Å². The maximum Gasteiger partial charge on any atom is 0.225 e. The van der Waals surface area contributed by atoms with Crippen molar-refractivity contribution in [3.63, 3.8) is 0 Å². The van der Waals surface area contributed by atoms with Gasteiger partial charge in [0.1, 0.15) is 0 Å². The maximum absolute atomic E-state index is 5.13. The number of rotatable bonds is 4. The molecule has 0 unspecified atom stereocenters. The van der Waals surface area contributed by atoms with E-state index in [4.69, 9.17) is 12.2 Å². The van der Waals surface area contributed by atoms with E-state index in [2.05, 4.69) is 28.9 Å². The van der Waals surface area contributed by atoms with E-state index in [1.54, 1.807) is 0 Å². The summed E-state index contributed by atoms with van der Waals surface area (Å²) >= 11 is 5.13. The molecule has 0 aliphatic heterocycles. The van der Waals surface area contributed by atoms with E-state index in [1.165, 1.54) is 12.8 Å². The van der Waals surface area contributed by atoms with Gasteiger partial charge in [0.25, 0.3) is 0 Å². The highest BCUT2D eigenvalue weighted by Crippen LogP contribution is 2.31. The van der Waals surface area contributed by atoms with Crippen LogP contribution in [-0.4, -0.2) is 27.4 Å². The Bertz CT molecular complexity index is 388. The van der Waals surface area contributed by atoms with Crippen molar-refractivity contribution in [3.05, 3.63) is 4.77 Å². The number of nitrogens with one attached hydrogen (secondary N) is 1. The van der Waals surface area contributed by atoms with Crippen molar-refractivity contribution in [2.75, 3.05) is 11.4 Å². The second-order valence-corrected chi connectivity index (χ2v) is 4.96. The van der Waals surface area contributed by atoms with Gasteiger partial charge in [-0.3, -0.25) is 4.57 Å². The molecule has 2 rings (SSSR count). The Morgan fingerprint density at radius 3 is 2.67 bits per heavy atom. The lowest BCUT2D eigenvalue weighted by Gasteiger charge is -2.27. The van der Waals surface area contributed by atoms with Crippen molar-refractivity contribution < 1.29 is 0 Å². The predicted molar refractivity (Wildman–Crippen MR) is 63.6 cm³/mol. The van der Waals surface area contributed by atoms with Gasteiger partial charge in [-0.25, -0.2) is 5.10 Å². The van der Waals surface area contributed by atoms with Crippen LogP contribution in [0.15, 0.2) is 0 Å². The topological polar surface area (TPSA) is 36.9 Å². The molecule has 0 amide bonds. The number of hydrogen-bond acceptors (Lipinski definition) is 3. The number of anilines is 1. The van der Waals surface area contributed by atoms with Crippen LogP contribution in [0.4, 0.5) is 5.95 Å². The molecule has 0 bridgehead atoms. The molecule has 1 fully saturated rings. The number of hydrogen-bond donors (Lipinski definition) is 1. The second-order valence-electron chi connectivity index (χ2n) is 4.58. The van der Waals surface area contributed by atoms with Gasteiger partial charge < -0.3 is 4.90 Å². The molecule has 15 heavy (non-hydrogen) atoms. The molecule has 1 heterocycles. The van der Waals surface area contributed by atoms with Crippen LogP contribution in [0.25, 0.3) is 0 Å². The summed E-state index contributed by atoms with van der Waals surface area (Å²) in [5.74, 6) is 1.82. The van der Waals surface area contributed by atoms with Gasteiger partial charge in [-0.2, -0.15) is 0 Å². The zero-order valence-corrected chi connectivity index (χ0v) is 10.3. The normalized spacial score (nSPS) is 16.0. The minimum atomic E-state index is 0.467. The lowest BCUT2D eigenvalue weighted by Crippen LogP contribution is -2.34. The molecule has 0 saturated heterocycles. The number of aromatic nitrogens is 3. The standard InChI is InChI=1S/C10H18N4S/c1-7(2)14(6-8-4-5-8)9-11-12-10(15)13(9)3/h7-8H,4-6H2,1-3H3,(H,12,15). The molecule has 1 N–H and O–H groups in total. The van der Waals surface area contributed by atoms with Crippen LogP contribution < -0.4 is 4.90 Å². The molecule has 0 radical (unpaired) electrons. The van der Waals surface area contributed by atoms with Gasteiger partial charge in [-0.1, -0.05) is 0 Å². The molecule has 0 spiro atoms. The Morgan fingerprint density at radius 2 is 2.27 bits per heavy atom. The molecule has 1 aromatic rings. The first-order chi connectivity index (χ1) is 7.09. The molecule has 1 saturated carbocycles. The van der Waals surface area contributed by atoms with Crippen molar-refractivity contribution in [3.8, 4) is 0 Å². The van der Waals surface area contributed by atoms with E-state index in [9.17, 15) is 0 Å². The van der Waals surface area contributed by atoms with Crippen LogP contribution in [0, 0.1) is 10.7 Å². The Hall–Kier alpha value is -0.840. The minimum absolute atomic E-state index is 0.467. The third-order valence-electron chi connectivity index (χ3n) is 2.89. The van der Waals surface area contributed by atoms with Crippen LogP contribution >= 0.6 is 12.2 Å². The Labute approximate surface area is 95.3 Å². The minimum Gasteiger partial charge on any atom is -0.338 e. The number of H-pyrrole nitrogens is 1. The molecule has 1 aliphatic rings. The van der Waals surface area contributed by atoms with Gasteiger partial charge >= 0.3 is 0 Å². The summed E-state index contributed by atoms with van der Waals surface area (Å²) in [4.78, 5) is 2.32. The fraction of sp³-hybridized carbons (Fsp3) is 0.800. The largest absolute Gasteiger partial charge is 0.338 e. The third kappa shape index (κ3) is 2.22. The van der Waals surface area contributed by atoms with Crippen molar-refractivity contribution in [2.24, 2.45) is 13.0 Å². The van der Waals surface area contributed by atoms with Gasteiger partial charge in [-0.15, -0.1) is 5.10 Å². The van der Waals surface area contributed by atoms with Crippen LogP contribution in [0.1, 0.15) is 26.7 Å². The molecule has 0 atom stereocenters. The van der Waals surface area contributed by atoms with Crippen LogP contribution in [-0.2, 0) is 7.05 Å². The summed E-state index contributed by atoms with van der Waals surface area (Å²) in [5, 5.41) is 7.13. The van der Waals surface area contributed by atoms with Crippen LogP contribution in [0.3, 0.4) is 0 Å². The van der Waals surface area contributed by atoms with Crippen molar-refractivity contribution in [1.82, 2.24) is 14.8 Å². The first kappa shape index (κ1) is 10.7. The maximum atomic E-state index is 5.13. The average Bonchev–Trinajstić information content (AvgIpc) is 2.94. The number of nitrogens with zero attached hydrogens (tertiary/aromatic N) is 3. The smallest absolute Gasteiger partial charge is 0.225 e. The summed E-state index contributed by atoms with van der Waals surface area (Å²) in [6, 6.07) is 0.467. The summed E-state index contributed by atoms with van der Waals surface area (Å²) in [6.45, 7) is 5.49. The van der Waals surface area contributed by atoms with E-state index in [0.29, 0.717) is 10.8 Å². The molecule has 0 aromatic carbocycles. The molecule has 5 heteroatoms. The van der Waals surface area contributed by atoms with Crippen molar-refractivity contribution in [1.29, 1.82) is 0 Å². The first-order valence-corrected chi connectivity index (χ1v) is 5.88. The highest BCUT2D eigenvalue weighted by Gasteiger charge is 2.27. The lowest BCUT2D eigenvalue weighted by molar-refractivity contribution is 0.614. The third-order valence-corrected chi connectivity index (χ3v) is 3.25. The monoisotopic (exact) mass is 226 g/mol. The van der Waals surface area contributed by atoms with Gasteiger partial charge in [-0.05, 0) is 44.8 Å². The fourth-order valence-electron chi connectivity index (χ4n) is 1.70. The molecule has 84 valence electrons. The van der Waals surface area contributed by atoms with Crippen LogP contribution in [0.2, 0.25) is 0 Å². The van der Waals surface area contributed by atoms with E-state index in [1.807, 2.05) is 11.6 Å².